The van der Waals surface area contributed by atoms with Crippen molar-refractivity contribution in [2.24, 2.45) is 0 Å². The summed E-state index contributed by atoms with van der Waals surface area (Å²) in [5.74, 6) is 0. The van der Waals surface area contributed by atoms with Gasteiger partial charge in [0.1, 0.15) is 0 Å². The van der Waals surface area contributed by atoms with E-state index in [0.29, 0.717) is 0 Å². The van der Waals surface area contributed by atoms with Crippen LogP contribution in [-0.2, 0) is 0 Å². The smallest absolute Gasteiger partial charge is 0.0152 e. The summed E-state index contributed by atoms with van der Waals surface area (Å²) in [6, 6.07) is 87.5. The monoisotopic (exact) mass is 1230 g/mol. The molecule has 0 radical (unpaired) electrons. The van der Waals surface area contributed by atoms with Gasteiger partial charge in [0.15, 0.2) is 0 Å². The molecule has 0 aromatic heterocycles. The zero-order valence-corrected chi connectivity index (χ0v) is 64.2. The third-order valence-corrected chi connectivity index (χ3v) is 12.1. The lowest BCUT2D eigenvalue weighted by atomic mass is 9.97. The van der Waals surface area contributed by atoms with Crippen molar-refractivity contribution >= 4 is 0 Å². The number of benzene rings is 10. The molecule has 0 bridgehead atoms. The number of hydrogen-bond acceptors (Lipinski definition) is 0. The third-order valence-electron chi connectivity index (χ3n) is 12.1. The highest BCUT2D eigenvalue weighted by Crippen LogP contribution is 2.27. The van der Waals surface area contributed by atoms with Crippen LogP contribution in [0.1, 0.15) is 202 Å². The first-order valence-electron chi connectivity index (χ1n) is 35.1. The van der Waals surface area contributed by atoms with E-state index in [0.717, 1.165) is 0 Å². The summed E-state index contributed by atoms with van der Waals surface area (Å²) < 4.78 is 0. The molecule has 0 saturated carbocycles. The van der Waals surface area contributed by atoms with Gasteiger partial charge in [-0.05, 0) is 140 Å². The first-order chi connectivity index (χ1) is 44.4. The number of hydrogen-bond donors (Lipinski definition) is 0. The van der Waals surface area contributed by atoms with E-state index in [1.54, 1.807) is 0 Å². The molecule has 10 rings (SSSR count). The second-order valence-corrected chi connectivity index (χ2v) is 18.0. The minimum absolute atomic E-state index is 1.28. The Kier molecular flexibility index (Phi) is 69.0. The fraction of sp³-hybridized carbons (Fsp3) is 0.341. The molecule has 0 amide bonds. The van der Waals surface area contributed by atoms with Gasteiger partial charge in [-0.2, -0.15) is 0 Å². The van der Waals surface area contributed by atoms with Gasteiger partial charge in [0.05, 0.1) is 0 Å². The molecule has 91 heavy (non-hydrogen) atoms. The van der Waals surface area contributed by atoms with Gasteiger partial charge in [-0.25, -0.2) is 0 Å². The van der Waals surface area contributed by atoms with Gasteiger partial charge in [-0.3, -0.25) is 0 Å². The molecule has 0 fully saturated rings. The lowest BCUT2D eigenvalue weighted by Crippen LogP contribution is -1.85. The Morgan fingerprint density at radius 1 is 0.132 bits per heavy atom. The molecule has 0 saturated heterocycles. The lowest BCUT2D eigenvalue weighted by Gasteiger charge is -2.08. The maximum absolute atomic E-state index is 2.22. The van der Waals surface area contributed by atoms with Gasteiger partial charge < -0.3 is 0 Å². The second-order valence-electron chi connectivity index (χ2n) is 18.0. The van der Waals surface area contributed by atoms with E-state index in [2.05, 4.69) is 305 Å². The Balaban J connectivity index is -0.000000230. The third kappa shape index (κ3) is 40.5. The van der Waals surface area contributed by atoms with Crippen molar-refractivity contribution in [3.8, 4) is 55.6 Å². The van der Waals surface area contributed by atoms with Crippen LogP contribution >= 0.6 is 0 Å². The Bertz CT molecular complexity index is 3030. The normalized spacial score (nSPS) is 8.38. The van der Waals surface area contributed by atoms with E-state index in [4.69, 9.17) is 0 Å². The van der Waals surface area contributed by atoms with Crippen molar-refractivity contribution in [1.82, 2.24) is 0 Å². The minimum Gasteiger partial charge on any atom is -0.0683 e. The van der Waals surface area contributed by atoms with Crippen LogP contribution in [0.2, 0.25) is 0 Å². The number of aryl methyl sites for hydroxylation is 9. The summed E-state index contributed by atoms with van der Waals surface area (Å²) in [7, 11) is 0. The topological polar surface area (TPSA) is 0 Å². The molecule has 0 N–H and O–H groups in total. The van der Waals surface area contributed by atoms with E-state index in [9.17, 15) is 0 Å². The molecule has 498 valence electrons. The van der Waals surface area contributed by atoms with Crippen molar-refractivity contribution in [2.45, 2.75) is 215 Å². The zero-order valence-electron chi connectivity index (χ0n) is 64.2. The van der Waals surface area contributed by atoms with Gasteiger partial charge in [0, 0.05) is 0 Å². The Hall–Kier alpha value is -7.80. The first-order valence-corrected chi connectivity index (χ1v) is 35.1. The maximum atomic E-state index is 2.22. The summed E-state index contributed by atoms with van der Waals surface area (Å²) in [4.78, 5) is 0. The molecular formula is C91H134. The molecular weight excluding hydrogens is 1090 g/mol. The highest BCUT2D eigenvalue weighted by molar-refractivity contribution is 5.71. The fourth-order valence-electron chi connectivity index (χ4n) is 8.12. The second kappa shape index (κ2) is 66.6. The van der Waals surface area contributed by atoms with Crippen LogP contribution in [0, 0.1) is 62.3 Å². The van der Waals surface area contributed by atoms with Crippen LogP contribution < -0.4 is 0 Å². The van der Waals surface area contributed by atoms with Gasteiger partial charge in [0.25, 0.3) is 0 Å². The van der Waals surface area contributed by atoms with E-state index < -0.39 is 0 Å². The van der Waals surface area contributed by atoms with Crippen molar-refractivity contribution in [3.63, 3.8) is 0 Å². The standard InChI is InChI=1S/4C14H14.C13H12.11C2H6/c1-11-5-3-7-13(9-11)14-8-4-6-12(2)10-14;1-11-7-3-5-9-13(11)14-10-6-4-8-12(14)2;1-11-6-5-8-13(10-11)14-9-4-3-7-12(14)2;1-11-7-9-13(10-8-11)14-6-4-3-5-12(14)2;1-11-7-9-13(10-8-11)12-5-3-2-4-6-12;11*1-2/h4*3-10H,1-2H3;2-10H,1H3;11*1-2H3. The molecule has 10 aromatic carbocycles. The van der Waals surface area contributed by atoms with Crippen LogP contribution in [0.5, 0.6) is 0 Å². The lowest BCUT2D eigenvalue weighted by molar-refractivity contribution is 1.41. The zero-order chi connectivity index (χ0) is 71.0. The predicted molar refractivity (Wildman–Crippen MR) is 427 cm³/mol. The largest absolute Gasteiger partial charge is 0.0683 e. The average Bonchev–Trinajstić information content (AvgIpc) is 2.50. The Morgan fingerprint density at radius 3 is 0.626 bits per heavy atom. The highest BCUT2D eigenvalue weighted by Gasteiger charge is 2.04. The van der Waals surface area contributed by atoms with E-state index >= 15 is 0 Å². The Morgan fingerprint density at radius 2 is 0.341 bits per heavy atom. The summed E-state index contributed by atoms with van der Waals surface area (Å²) in [6.07, 6.45) is 0. The molecule has 10 aromatic rings. The summed E-state index contributed by atoms with van der Waals surface area (Å²) >= 11 is 0. The van der Waals surface area contributed by atoms with Crippen molar-refractivity contribution in [1.29, 1.82) is 0 Å². The van der Waals surface area contributed by atoms with E-state index in [1.165, 1.54) is 106 Å². The van der Waals surface area contributed by atoms with E-state index in [1.807, 2.05) is 158 Å². The molecule has 0 heteroatoms. The van der Waals surface area contributed by atoms with Crippen LogP contribution in [-0.4, -0.2) is 0 Å². The molecule has 0 nitrogen and oxygen atoms in total. The molecule has 0 aliphatic heterocycles. The highest BCUT2D eigenvalue weighted by atomic mass is 14.1. The van der Waals surface area contributed by atoms with Gasteiger partial charge >= 0.3 is 0 Å². The molecule has 0 heterocycles. The van der Waals surface area contributed by atoms with Crippen LogP contribution in [0.15, 0.2) is 249 Å². The summed E-state index contributed by atoms with van der Waals surface area (Å²) in [5.41, 5.74) is 25.0. The average molecular weight is 1230 g/mol. The van der Waals surface area contributed by atoms with Crippen molar-refractivity contribution in [3.05, 3.63) is 299 Å². The first kappa shape index (κ1) is 94.3. The SMILES string of the molecule is CC.CC.CC.CC.CC.CC.CC.CC.CC.CC.CC.Cc1ccc(-c2ccccc2)cc1.Cc1ccc(-c2ccccc2C)cc1.Cc1cccc(-c2cccc(C)c2)c1.Cc1cccc(-c2ccccc2C)c1.Cc1ccccc1-c1ccccc1C. The molecule has 0 atom stereocenters. The minimum atomic E-state index is 1.28. The summed E-state index contributed by atoms with van der Waals surface area (Å²) in [5, 5.41) is 0. The van der Waals surface area contributed by atoms with Gasteiger partial charge in [-0.15, -0.1) is 0 Å². The molecule has 0 aliphatic carbocycles. The van der Waals surface area contributed by atoms with Gasteiger partial charge in [-0.1, -0.05) is 429 Å². The predicted octanol–water partition coefficient (Wildman–Crippen LogP) is 30.8. The van der Waals surface area contributed by atoms with Crippen LogP contribution in [0.3, 0.4) is 0 Å². The maximum Gasteiger partial charge on any atom is -0.0152 e. The van der Waals surface area contributed by atoms with Crippen LogP contribution in [0.4, 0.5) is 0 Å². The van der Waals surface area contributed by atoms with Crippen LogP contribution in [0.25, 0.3) is 55.6 Å². The Labute approximate surface area is 565 Å². The fourth-order valence-corrected chi connectivity index (χ4v) is 8.12. The van der Waals surface area contributed by atoms with E-state index in [-0.39, 0.29) is 0 Å². The molecule has 0 aliphatic rings. The quantitative estimate of drug-likeness (QED) is 0.161. The van der Waals surface area contributed by atoms with Gasteiger partial charge in [0.2, 0.25) is 0 Å². The molecule has 0 unspecified atom stereocenters. The number of rotatable bonds is 5. The van der Waals surface area contributed by atoms with Crippen molar-refractivity contribution < 1.29 is 0 Å². The summed E-state index contributed by atoms with van der Waals surface area (Å²) in [6.45, 7) is 63.2. The van der Waals surface area contributed by atoms with Crippen molar-refractivity contribution in [2.75, 3.05) is 0 Å². The molecule has 0 spiro atoms.